The number of nitrogens with zero attached hydrogens (tertiary/aromatic N) is 1. The SMILES string of the molecule is CC1(C(=O)NCc2cccc(F)c2)CCCN(S(=O)(=O)c2cccc(Cl)c2)C1. The predicted octanol–water partition coefficient (Wildman–Crippen LogP) is 3.59. The Hall–Kier alpha value is -1.96. The molecule has 0 aromatic heterocycles. The summed E-state index contributed by atoms with van der Waals surface area (Å²) in [6.45, 7) is 2.37. The lowest BCUT2D eigenvalue weighted by Gasteiger charge is -2.38. The van der Waals surface area contributed by atoms with E-state index in [0.29, 0.717) is 30.0 Å². The summed E-state index contributed by atoms with van der Waals surface area (Å²) in [6.07, 6.45) is 1.15. The highest BCUT2D eigenvalue weighted by atomic mass is 35.5. The molecule has 2 aromatic carbocycles. The van der Waals surface area contributed by atoms with Crippen LogP contribution in [0, 0.1) is 11.2 Å². The Kier molecular flexibility index (Phi) is 6.07. The van der Waals surface area contributed by atoms with Crippen molar-refractivity contribution < 1.29 is 17.6 Å². The van der Waals surface area contributed by atoms with Crippen LogP contribution in [0.1, 0.15) is 25.3 Å². The van der Waals surface area contributed by atoms with Crippen LogP contribution in [0.15, 0.2) is 53.4 Å². The van der Waals surface area contributed by atoms with Crippen molar-refractivity contribution in [2.75, 3.05) is 13.1 Å². The van der Waals surface area contributed by atoms with Crippen molar-refractivity contribution in [1.82, 2.24) is 9.62 Å². The van der Waals surface area contributed by atoms with Gasteiger partial charge in [0.2, 0.25) is 15.9 Å². The summed E-state index contributed by atoms with van der Waals surface area (Å²) in [6, 6.07) is 12.1. The topological polar surface area (TPSA) is 66.5 Å². The van der Waals surface area contributed by atoms with Gasteiger partial charge in [-0.3, -0.25) is 4.79 Å². The molecule has 1 unspecified atom stereocenters. The first-order valence-corrected chi connectivity index (χ1v) is 10.8. The summed E-state index contributed by atoms with van der Waals surface area (Å²) < 4.78 is 40.6. The van der Waals surface area contributed by atoms with E-state index in [0.717, 1.165) is 0 Å². The fourth-order valence-corrected chi connectivity index (χ4v) is 5.31. The van der Waals surface area contributed by atoms with Crippen LogP contribution in [0.4, 0.5) is 4.39 Å². The van der Waals surface area contributed by atoms with E-state index in [-0.39, 0.29) is 29.7 Å². The van der Waals surface area contributed by atoms with Gasteiger partial charge in [-0.25, -0.2) is 12.8 Å². The number of carbonyl (C=O) groups excluding carboxylic acids is 1. The molecule has 1 aliphatic heterocycles. The highest BCUT2D eigenvalue weighted by Gasteiger charge is 2.41. The summed E-state index contributed by atoms with van der Waals surface area (Å²) in [5.41, 5.74) is -0.215. The zero-order valence-electron chi connectivity index (χ0n) is 15.5. The van der Waals surface area contributed by atoms with Crippen LogP contribution in [-0.2, 0) is 21.4 Å². The minimum absolute atomic E-state index is 0.0802. The van der Waals surface area contributed by atoms with E-state index in [1.54, 1.807) is 31.2 Å². The third kappa shape index (κ3) is 4.54. The molecular weight excluding hydrogens is 403 g/mol. The highest BCUT2D eigenvalue weighted by Crippen LogP contribution is 2.33. The molecule has 150 valence electrons. The third-order valence-corrected chi connectivity index (χ3v) is 7.06. The molecule has 0 saturated carbocycles. The van der Waals surface area contributed by atoms with Gasteiger partial charge < -0.3 is 5.32 Å². The lowest BCUT2D eigenvalue weighted by atomic mass is 9.82. The molecule has 0 radical (unpaired) electrons. The molecule has 0 aliphatic carbocycles. The molecule has 1 aliphatic rings. The zero-order chi connectivity index (χ0) is 20.4. The molecule has 2 aromatic rings. The predicted molar refractivity (Wildman–Crippen MR) is 106 cm³/mol. The summed E-state index contributed by atoms with van der Waals surface area (Å²) in [7, 11) is -3.74. The van der Waals surface area contributed by atoms with Gasteiger partial charge in [0.05, 0.1) is 10.3 Å². The second kappa shape index (κ2) is 8.19. The van der Waals surface area contributed by atoms with Crippen molar-refractivity contribution in [3.8, 4) is 0 Å². The van der Waals surface area contributed by atoms with Gasteiger partial charge in [-0.2, -0.15) is 4.31 Å². The van der Waals surface area contributed by atoms with E-state index in [4.69, 9.17) is 11.6 Å². The Morgan fingerprint density at radius 2 is 2.00 bits per heavy atom. The van der Waals surface area contributed by atoms with Crippen LogP contribution in [-0.4, -0.2) is 31.7 Å². The molecule has 1 atom stereocenters. The fraction of sp³-hybridized carbons (Fsp3) is 0.350. The molecule has 1 amide bonds. The summed E-state index contributed by atoms with van der Waals surface area (Å²) >= 11 is 5.93. The first-order chi connectivity index (χ1) is 13.2. The first kappa shape index (κ1) is 20.8. The van der Waals surface area contributed by atoms with Crippen LogP contribution >= 0.6 is 11.6 Å². The summed E-state index contributed by atoms with van der Waals surface area (Å²) in [5.74, 6) is -0.614. The number of halogens is 2. The molecule has 5 nitrogen and oxygen atoms in total. The summed E-state index contributed by atoms with van der Waals surface area (Å²) in [4.78, 5) is 12.9. The summed E-state index contributed by atoms with van der Waals surface area (Å²) in [5, 5.41) is 3.15. The quantitative estimate of drug-likeness (QED) is 0.797. The molecule has 8 heteroatoms. The third-order valence-electron chi connectivity index (χ3n) is 4.99. The maximum atomic E-state index is 13.3. The van der Waals surface area contributed by atoms with E-state index < -0.39 is 15.4 Å². The van der Waals surface area contributed by atoms with Crippen LogP contribution in [0.5, 0.6) is 0 Å². The molecule has 0 spiro atoms. The highest BCUT2D eigenvalue weighted by molar-refractivity contribution is 7.89. The molecule has 0 bridgehead atoms. The Labute approximate surface area is 169 Å². The van der Waals surface area contributed by atoms with E-state index in [9.17, 15) is 17.6 Å². The first-order valence-electron chi connectivity index (χ1n) is 8.99. The van der Waals surface area contributed by atoms with Crippen LogP contribution < -0.4 is 5.32 Å². The van der Waals surface area contributed by atoms with Gasteiger partial charge in [-0.1, -0.05) is 29.8 Å². The number of rotatable bonds is 5. The number of piperidine rings is 1. The molecule has 1 heterocycles. The minimum Gasteiger partial charge on any atom is -0.352 e. The standard InChI is InChI=1S/C20H22ClFN2O3S/c1-20(19(25)23-13-15-5-2-7-17(22)11-15)9-4-10-24(14-20)28(26,27)18-8-3-6-16(21)12-18/h2-3,5-8,11-12H,4,9-10,13-14H2,1H3,(H,23,25). The number of hydrogen-bond acceptors (Lipinski definition) is 3. The number of carbonyl (C=O) groups is 1. The molecule has 28 heavy (non-hydrogen) atoms. The van der Waals surface area contributed by atoms with Crippen molar-refractivity contribution in [2.24, 2.45) is 5.41 Å². The lowest BCUT2D eigenvalue weighted by molar-refractivity contribution is -0.132. The minimum atomic E-state index is -3.74. The zero-order valence-corrected chi connectivity index (χ0v) is 17.1. The van der Waals surface area contributed by atoms with Crippen LogP contribution in [0.25, 0.3) is 0 Å². The second-order valence-corrected chi connectivity index (χ2v) is 9.65. The lowest BCUT2D eigenvalue weighted by Crippen LogP contribution is -2.51. The van der Waals surface area contributed by atoms with Gasteiger partial charge in [0.15, 0.2) is 0 Å². The van der Waals surface area contributed by atoms with Crippen LogP contribution in [0.3, 0.4) is 0 Å². The Morgan fingerprint density at radius 1 is 1.25 bits per heavy atom. The number of sulfonamides is 1. The Morgan fingerprint density at radius 3 is 2.71 bits per heavy atom. The van der Waals surface area contributed by atoms with Gasteiger partial charge >= 0.3 is 0 Å². The smallest absolute Gasteiger partial charge is 0.243 e. The molecule has 1 N–H and O–H groups in total. The number of amides is 1. The van der Waals surface area contributed by atoms with Gasteiger partial charge in [0.1, 0.15) is 5.82 Å². The fourth-order valence-electron chi connectivity index (χ4n) is 3.40. The largest absolute Gasteiger partial charge is 0.352 e. The Balaban J connectivity index is 1.72. The number of hydrogen-bond donors (Lipinski definition) is 1. The van der Waals surface area contributed by atoms with Crippen molar-refractivity contribution in [3.05, 3.63) is 64.9 Å². The normalized spacial score (nSPS) is 20.7. The van der Waals surface area contributed by atoms with Gasteiger partial charge in [-0.05, 0) is 55.7 Å². The van der Waals surface area contributed by atoms with Crippen molar-refractivity contribution in [2.45, 2.75) is 31.2 Å². The van der Waals surface area contributed by atoms with Crippen molar-refractivity contribution >= 4 is 27.5 Å². The maximum Gasteiger partial charge on any atom is 0.243 e. The molecule has 1 fully saturated rings. The monoisotopic (exact) mass is 424 g/mol. The van der Waals surface area contributed by atoms with E-state index in [1.165, 1.54) is 28.6 Å². The van der Waals surface area contributed by atoms with E-state index in [2.05, 4.69) is 5.32 Å². The van der Waals surface area contributed by atoms with Gasteiger partial charge in [-0.15, -0.1) is 0 Å². The van der Waals surface area contributed by atoms with Crippen molar-refractivity contribution in [1.29, 1.82) is 0 Å². The van der Waals surface area contributed by atoms with Gasteiger partial charge in [0, 0.05) is 24.7 Å². The molecule has 3 rings (SSSR count). The van der Waals surface area contributed by atoms with Gasteiger partial charge in [0.25, 0.3) is 0 Å². The van der Waals surface area contributed by atoms with Crippen LogP contribution in [0.2, 0.25) is 5.02 Å². The number of nitrogens with one attached hydrogen (secondary N) is 1. The van der Waals surface area contributed by atoms with Crippen molar-refractivity contribution in [3.63, 3.8) is 0 Å². The molecular formula is C20H22ClFN2O3S. The second-order valence-electron chi connectivity index (χ2n) is 7.27. The number of benzene rings is 2. The molecule has 1 saturated heterocycles. The Bertz CT molecular complexity index is 983. The van der Waals surface area contributed by atoms with E-state index >= 15 is 0 Å². The average Bonchev–Trinajstić information content (AvgIpc) is 2.66. The maximum absolute atomic E-state index is 13.3. The average molecular weight is 425 g/mol. The van der Waals surface area contributed by atoms with E-state index in [1.807, 2.05) is 0 Å².